The first-order chi connectivity index (χ1) is 8.06. The zero-order valence-electron chi connectivity index (χ0n) is 10.6. The summed E-state index contributed by atoms with van der Waals surface area (Å²) >= 11 is 1.68. The summed E-state index contributed by atoms with van der Waals surface area (Å²) in [4.78, 5) is 0. The molecule has 0 heterocycles. The third kappa shape index (κ3) is 4.22. The maximum absolute atomic E-state index is 9.42. The normalized spacial score (nSPS) is 16.3. The van der Waals surface area contributed by atoms with Gasteiger partial charge >= 0.3 is 0 Å². The first-order valence-electron chi connectivity index (χ1n) is 5.74. The van der Waals surface area contributed by atoms with E-state index >= 15 is 0 Å². The van der Waals surface area contributed by atoms with Gasteiger partial charge in [0.1, 0.15) is 5.75 Å². The van der Waals surface area contributed by atoms with Crippen LogP contribution >= 0.6 is 11.8 Å². The first-order valence-corrected chi connectivity index (χ1v) is 6.79. The van der Waals surface area contributed by atoms with Crippen LogP contribution in [0, 0.1) is 0 Å². The molecular formula is C13H21NO2S. The van der Waals surface area contributed by atoms with Gasteiger partial charge in [0.05, 0.1) is 13.2 Å². The molecule has 1 aromatic rings. The molecule has 0 amide bonds. The van der Waals surface area contributed by atoms with Crippen LogP contribution < -0.4 is 10.5 Å². The standard InChI is InChI=1S/C13H21NO2S/c1-9(15)10(2)17-8-12(14)11-6-4-5-7-13(11)16-3/h4-7,9-10,12,15H,8,14H2,1-3H3. The number of ether oxygens (including phenoxy) is 1. The molecule has 3 nitrogen and oxygen atoms in total. The van der Waals surface area contributed by atoms with Crippen molar-refractivity contribution in [2.75, 3.05) is 12.9 Å². The highest BCUT2D eigenvalue weighted by Gasteiger charge is 2.15. The molecular weight excluding hydrogens is 234 g/mol. The van der Waals surface area contributed by atoms with E-state index in [0.717, 1.165) is 17.1 Å². The predicted octanol–water partition coefficient (Wildman–Crippen LogP) is 2.20. The Morgan fingerprint density at radius 2 is 2.00 bits per heavy atom. The highest BCUT2D eigenvalue weighted by Crippen LogP contribution is 2.27. The van der Waals surface area contributed by atoms with Crippen molar-refractivity contribution in [3.63, 3.8) is 0 Å². The average Bonchev–Trinajstić information content (AvgIpc) is 2.35. The Hall–Kier alpha value is -0.710. The quantitative estimate of drug-likeness (QED) is 0.818. The molecule has 17 heavy (non-hydrogen) atoms. The molecule has 3 atom stereocenters. The predicted molar refractivity (Wildman–Crippen MR) is 73.5 cm³/mol. The van der Waals surface area contributed by atoms with Crippen LogP contribution in [-0.4, -0.2) is 29.3 Å². The number of methoxy groups -OCH3 is 1. The largest absolute Gasteiger partial charge is 0.496 e. The average molecular weight is 255 g/mol. The van der Waals surface area contributed by atoms with Crippen LogP contribution in [0.1, 0.15) is 25.5 Å². The van der Waals surface area contributed by atoms with Gasteiger partial charge in [-0.25, -0.2) is 0 Å². The summed E-state index contributed by atoms with van der Waals surface area (Å²) in [5.41, 5.74) is 7.15. The third-order valence-corrected chi connectivity index (χ3v) is 4.23. The molecule has 0 bridgehead atoms. The van der Waals surface area contributed by atoms with Gasteiger partial charge < -0.3 is 15.6 Å². The number of aliphatic hydroxyl groups is 1. The number of para-hydroxylation sites is 1. The van der Waals surface area contributed by atoms with Gasteiger partial charge in [-0.05, 0) is 13.0 Å². The van der Waals surface area contributed by atoms with Crippen molar-refractivity contribution in [3.8, 4) is 5.75 Å². The topological polar surface area (TPSA) is 55.5 Å². The number of hydrogen-bond donors (Lipinski definition) is 2. The van der Waals surface area contributed by atoms with Crippen molar-refractivity contribution in [1.29, 1.82) is 0 Å². The zero-order chi connectivity index (χ0) is 12.8. The van der Waals surface area contributed by atoms with Gasteiger partial charge in [0.2, 0.25) is 0 Å². The number of rotatable bonds is 6. The Bertz CT molecular complexity index is 344. The van der Waals surface area contributed by atoms with E-state index in [9.17, 15) is 5.11 Å². The Balaban J connectivity index is 2.60. The molecule has 0 aliphatic heterocycles. The van der Waals surface area contributed by atoms with Gasteiger partial charge in [0.15, 0.2) is 0 Å². The van der Waals surface area contributed by atoms with Gasteiger partial charge in [-0.2, -0.15) is 11.8 Å². The Morgan fingerprint density at radius 3 is 2.59 bits per heavy atom. The smallest absolute Gasteiger partial charge is 0.123 e. The van der Waals surface area contributed by atoms with Crippen LogP contribution in [-0.2, 0) is 0 Å². The first kappa shape index (κ1) is 14.4. The van der Waals surface area contributed by atoms with Crippen molar-refractivity contribution in [2.24, 2.45) is 5.73 Å². The molecule has 0 aliphatic carbocycles. The molecule has 0 saturated carbocycles. The third-order valence-electron chi connectivity index (χ3n) is 2.76. The lowest BCUT2D eigenvalue weighted by Crippen LogP contribution is -2.20. The van der Waals surface area contributed by atoms with E-state index in [4.69, 9.17) is 10.5 Å². The van der Waals surface area contributed by atoms with Crippen molar-refractivity contribution in [1.82, 2.24) is 0 Å². The Kier molecular flexibility index (Phi) is 5.82. The van der Waals surface area contributed by atoms with E-state index in [-0.39, 0.29) is 17.4 Å². The lowest BCUT2D eigenvalue weighted by atomic mass is 10.1. The molecule has 1 rings (SSSR count). The summed E-state index contributed by atoms with van der Waals surface area (Å²) in [6, 6.07) is 7.72. The number of nitrogens with two attached hydrogens (primary N) is 1. The monoisotopic (exact) mass is 255 g/mol. The molecule has 0 aliphatic rings. The molecule has 96 valence electrons. The number of thioether (sulfide) groups is 1. The number of benzene rings is 1. The second kappa shape index (κ2) is 6.89. The van der Waals surface area contributed by atoms with E-state index in [2.05, 4.69) is 0 Å². The minimum atomic E-state index is -0.315. The summed E-state index contributed by atoms with van der Waals surface area (Å²) < 4.78 is 5.28. The molecule has 0 saturated heterocycles. The molecule has 0 fully saturated rings. The van der Waals surface area contributed by atoms with Crippen molar-refractivity contribution >= 4 is 11.8 Å². The molecule has 0 aromatic heterocycles. The lowest BCUT2D eigenvalue weighted by molar-refractivity contribution is 0.196. The number of hydrogen-bond acceptors (Lipinski definition) is 4. The van der Waals surface area contributed by atoms with Crippen LogP contribution in [0.25, 0.3) is 0 Å². The summed E-state index contributed by atoms with van der Waals surface area (Å²) in [5, 5.41) is 9.61. The van der Waals surface area contributed by atoms with Crippen LogP contribution in [0.3, 0.4) is 0 Å². The van der Waals surface area contributed by atoms with Gasteiger partial charge in [-0.1, -0.05) is 25.1 Å². The van der Waals surface area contributed by atoms with Crippen LogP contribution in [0.4, 0.5) is 0 Å². The Morgan fingerprint density at radius 1 is 1.35 bits per heavy atom. The van der Waals surface area contributed by atoms with Gasteiger partial charge in [-0.3, -0.25) is 0 Å². The second-order valence-corrected chi connectivity index (χ2v) is 5.54. The second-order valence-electron chi connectivity index (χ2n) is 4.13. The summed E-state index contributed by atoms with van der Waals surface area (Å²) in [6.45, 7) is 3.80. The summed E-state index contributed by atoms with van der Waals surface area (Å²) in [6.07, 6.45) is -0.315. The summed E-state index contributed by atoms with van der Waals surface area (Å²) in [7, 11) is 1.65. The van der Waals surface area contributed by atoms with Crippen LogP contribution in [0.2, 0.25) is 0 Å². The zero-order valence-corrected chi connectivity index (χ0v) is 11.4. The lowest BCUT2D eigenvalue weighted by Gasteiger charge is -2.19. The fourth-order valence-corrected chi connectivity index (χ4v) is 2.43. The number of aliphatic hydroxyl groups excluding tert-OH is 1. The van der Waals surface area contributed by atoms with Gasteiger partial charge in [0, 0.05) is 22.6 Å². The van der Waals surface area contributed by atoms with Crippen molar-refractivity contribution in [3.05, 3.63) is 29.8 Å². The molecule has 3 N–H and O–H groups in total. The van der Waals surface area contributed by atoms with Crippen LogP contribution in [0.15, 0.2) is 24.3 Å². The molecule has 0 radical (unpaired) electrons. The maximum atomic E-state index is 9.42. The molecule has 4 heteroatoms. The van der Waals surface area contributed by atoms with Crippen molar-refractivity contribution < 1.29 is 9.84 Å². The molecule has 3 unspecified atom stereocenters. The fraction of sp³-hybridized carbons (Fsp3) is 0.538. The minimum Gasteiger partial charge on any atom is -0.496 e. The summed E-state index contributed by atoms with van der Waals surface area (Å²) in [5.74, 6) is 1.59. The van der Waals surface area contributed by atoms with E-state index < -0.39 is 0 Å². The van der Waals surface area contributed by atoms with Crippen molar-refractivity contribution in [2.45, 2.75) is 31.2 Å². The van der Waals surface area contributed by atoms with E-state index in [1.807, 2.05) is 31.2 Å². The molecule has 0 spiro atoms. The van der Waals surface area contributed by atoms with Gasteiger partial charge in [0.25, 0.3) is 0 Å². The fourth-order valence-electron chi connectivity index (χ4n) is 1.46. The van der Waals surface area contributed by atoms with E-state index in [1.54, 1.807) is 25.8 Å². The van der Waals surface area contributed by atoms with E-state index in [0.29, 0.717) is 0 Å². The maximum Gasteiger partial charge on any atom is 0.123 e. The SMILES string of the molecule is COc1ccccc1C(N)CSC(C)C(C)O. The van der Waals surface area contributed by atoms with Crippen LogP contribution in [0.5, 0.6) is 5.75 Å². The molecule has 1 aromatic carbocycles. The van der Waals surface area contributed by atoms with E-state index in [1.165, 1.54) is 0 Å². The Labute approximate surface area is 107 Å². The minimum absolute atomic E-state index is 0.0719. The van der Waals surface area contributed by atoms with Gasteiger partial charge in [-0.15, -0.1) is 0 Å². The highest BCUT2D eigenvalue weighted by molar-refractivity contribution is 7.99. The highest BCUT2D eigenvalue weighted by atomic mass is 32.2.